The Morgan fingerprint density at radius 1 is 1.41 bits per heavy atom. The van der Waals surface area contributed by atoms with Gasteiger partial charge in [0.2, 0.25) is 0 Å². The summed E-state index contributed by atoms with van der Waals surface area (Å²) in [6.45, 7) is 4.25. The summed E-state index contributed by atoms with van der Waals surface area (Å²) in [6.07, 6.45) is 7.03. The smallest absolute Gasteiger partial charge is 0.0962 e. The minimum atomic E-state index is 0.804. The van der Waals surface area contributed by atoms with Gasteiger partial charge in [0.25, 0.3) is 0 Å². The van der Waals surface area contributed by atoms with Gasteiger partial charge >= 0.3 is 0 Å². The van der Waals surface area contributed by atoms with Crippen molar-refractivity contribution in [1.82, 2.24) is 10.3 Å². The molecule has 0 aliphatic heterocycles. The molecule has 3 atom stereocenters. The van der Waals surface area contributed by atoms with Crippen molar-refractivity contribution in [2.45, 2.75) is 51.5 Å². The van der Waals surface area contributed by atoms with Gasteiger partial charge in [0.15, 0.2) is 0 Å². The minimum absolute atomic E-state index is 0.804. The summed E-state index contributed by atoms with van der Waals surface area (Å²) >= 11 is 1.89. The lowest BCUT2D eigenvalue weighted by Crippen LogP contribution is -2.14. The van der Waals surface area contributed by atoms with Gasteiger partial charge in [-0.1, -0.05) is 13.3 Å². The van der Waals surface area contributed by atoms with E-state index in [9.17, 15) is 0 Å². The normalized spacial score (nSPS) is 31.2. The molecule has 0 radical (unpaired) electrons. The average molecular weight is 250 g/mol. The van der Waals surface area contributed by atoms with E-state index >= 15 is 0 Å². The van der Waals surface area contributed by atoms with Crippen molar-refractivity contribution in [1.29, 1.82) is 0 Å². The fraction of sp³-hybridized carbons (Fsp3) is 0.786. The van der Waals surface area contributed by atoms with E-state index in [1.807, 2.05) is 11.3 Å². The maximum absolute atomic E-state index is 4.84. The molecule has 2 aliphatic carbocycles. The van der Waals surface area contributed by atoms with Crippen molar-refractivity contribution in [3.63, 3.8) is 0 Å². The van der Waals surface area contributed by atoms with Crippen LogP contribution in [0.2, 0.25) is 0 Å². The van der Waals surface area contributed by atoms with Gasteiger partial charge in [-0.15, -0.1) is 11.3 Å². The van der Waals surface area contributed by atoms with Crippen molar-refractivity contribution >= 4 is 11.3 Å². The second kappa shape index (κ2) is 5.07. The Morgan fingerprint density at radius 3 is 3.06 bits per heavy atom. The van der Waals surface area contributed by atoms with Crippen LogP contribution < -0.4 is 5.32 Å². The Labute approximate surface area is 108 Å². The molecule has 3 heteroatoms. The first kappa shape index (κ1) is 11.7. The average Bonchev–Trinajstić information content (AvgIpc) is 3.04. The van der Waals surface area contributed by atoms with E-state index in [4.69, 9.17) is 4.98 Å². The van der Waals surface area contributed by atoms with Crippen LogP contribution in [0.5, 0.6) is 0 Å². The Kier molecular flexibility index (Phi) is 3.48. The number of nitrogens with one attached hydrogen (secondary N) is 1. The highest BCUT2D eigenvalue weighted by Crippen LogP contribution is 2.53. The van der Waals surface area contributed by atoms with Crippen molar-refractivity contribution in [3.8, 4) is 0 Å². The lowest BCUT2D eigenvalue weighted by molar-refractivity contribution is 0.418. The number of hydrogen-bond acceptors (Lipinski definition) is 3. The number of aromatic nitrogens is 1. The van der Waals surface area contributed by atoms with Gasteiger partial charge in [0, 0.05) is 17.8 Å². The molecule has 1 aromatic rings. The SMILES string of the molecule is CCCNCc1csc(C2CC3CCC2C3)n1. The van der Waals surface area contributed by atoms with Gasteiger partial charge in [-0.2, -0.15) is 0 Å². The predicted octanol–water partition coefficient (Wildman–Crippen LogP) is 3.55. The van der Waals surface area contributed by atoms with Gasteiger partial charge < -0.3 is 5.32 Å². The Hall–Kier alpha value is -0.410. The second-order valence-corrected chi connectivity index (χ2v) is 6.52. The van der Waals surface area contributed by atoms with E-state index in [-0.39, 0.29) is 0 Å². The van der Waals surface area contributed by atoms with E-state index in [2.05, 4.69) is 17.6 Å². The summed E-state index contributed by atoms with van der Waals surface area (Å²) in [5.41, 5.74) is 1.25. The highest BCUT2D eigenvalue weighted by atomic mass is 32.1. The van der Waals surface area contributed by atoms with Gasteiger partial charge in [-0.05, 0) is 44.1 Å². The van der Waals surface area contributed by atoms with E-state index in [0.29, 0.717) is 0 Å². The first-order chi connectivity index (χ1) is 8.36. The van der Waals surface area contributed by atoms with Gasteiger partial charge in [0.1, 0.15) is 0 Å². The molecule has 17 heavy (non-hydrogen) atoms. The summed E-state index contributed by atoms with van der Waals surface area (Å²) in [5, 5.41) is 7.11. The standard InChI is InChI=1S/C14H22N2S/c1-2-5-15-8-12-9-17-14(16-12)13-7-10-3-4-11(13)6-10/h9-11,13,15H,2-8H2,1H3. The Morgan fingerprint density at radius 2 is 2.35 bits per heavy atom. The van der Waals surface area contributed by atoms with E-state index in [1.165, 1.54) is 42.8 Å². The summed E-state index contributed by atoms with van der Waals surface area (Å²) < 4.78 is 0. The maximum Gasteiger partial charge on any atom is 0.0962 e. The summed E-state index contributed by atoms with van der Waals surface area (Å²) in [5.74, 6) is 2.79. The first-order valence-electron chi connectivity index (χ1n) is 7.01. The molecule has 0 spiro atoms. The van der Waals surface area contributed by atoms with Crippen LogP contribution in [0.25, 0.3) is 0 Å². The zero-order chi connectivity index (χ0) is 11.7. The third-order valence-corrected chi connectivity index (χ3v) is 5.38. The summed E-state index contributed by atoms with van der Waals surface area (Å²) in [6, 6.07) is 0. The van der Waals surface area contributed by atoms with Crippen LogP contribution >= 0.6 is 11.3 Å². The maximum atomic E-state index is 4.84. The van der Waals surface area contributed by atoms with Crippen LogP contribution in [-0.4, -0.2) is 11.5 Å². The Bertz CT molecular complexity index is 374. The van der Waals surface area contributed by atoms with Gasteiger partial charge in [-0.3, -0.25) is 0 Å². The molecule has 2 fully saturated rings. The number of rotatable bonds is 5. The molecule has 2 bridgehead atoms. The monoisotopic (exact) mass is 250 g/mol. The molecule has 1 aromatic heterocycles. The van der Waals surface area contributed by atoms with Crippen molar-refractivity contribution < 1.29 is 0 Å². The second-order valence-electron chi connectivity index (χ2n) is 5.64. The molecule has 0 aromatic carbocycles. The minimum Gasteiger partial charge on any atom is -0.311 e. The van der Waals surface area contributed by atoms with E-state index in [0.717, 1.165) is 30.8 Å². The largest absolute Gasteiger partial charge is 0.311 e. The van der Waals surface area contributed by atoms with Crippen LogP contribution in [0.4, 0.5) is 0 Å². The molecular formula is C14H22N2S. The Balaban J connectivity index is 1.60. The molecule has 2 saturated carbocycles. The number of fused-ring (bicyclic) bond motifs is 2. The van der Waals surface area contributed by atoms with Gasteiger partial charge in [0.05, 0.1) is 10.7 Å². The fourth-order valence-electron chi connectivity index (χ4n) is 3.51. The zero-order valence-electron chi connectivity index (χ0n) is 10.6. The molecule has 1 N–H and O–H groups in total. The number of hydrogen-bond donors (Lipinski definition) is 1. The van der Waals surface area contributed by atoms with Crippen molar-refractivity contribution in [2.24, 2.45) is 11.8 Å². The third kappa shape index (κ3) is 2.41. The van der Waals surface area contributed by atoms with E-state index < -0.39 is 0 Å². The molecule has 94 valence electrons. The molecule has 3 rings (SSSR count). The topological polar surface area (TPSA) is 24.9 Å². The molecule has 0 saturated heterocycles. The molecule has 2 nitrogen and oxygen atoms in total. The van der Waals surface area contributed by atoms with Crippen LogP contribution in [-0.2, 0) is 6.54 Å². The lowest BCUT2D eigenvalue weighted by Gasteiger charge is -2.18. The molecular weight excluding hydrogens is 228 g/mol. The number of nitrogens with zero attached hydrogens (tertiary/aromatic N) is 1. The molecule has 0 amide bonds. The van der Waals surface area contributed by atoms with Gasteiger partial charge in [-0.25, -0.2) is 4.98 Å². The highest BCUT2D eigenvalue weighted by molar-refractivity contribution is 7.09. The summed E-state index contributed by atoms with van der Waals surface area (Å²) in [4.78, 5) is 4.84. The van der Waals surface area contributed by atoms with Crippen LogP contribution in [0.15, 0.2) is 5.38 Å². The summed E-state index contributed by atoms with van der Waals surface area (Å²) in [7, 11) is 0. The van der Waals surface area contributed by atoms with Crippen LogP contribution in [0.3, 0.4) is 0 Å². The third-order valence-electron chi connectivity index (χ3n) is 4.36. The highest BCUT2D eigenvalue weighted by Gasteiger charge is 2.41. The van der Waals surface area contributed by atoms with E-state index in [1.54, 1.807) is 0 Å². The van der Waals surface area contributed by atoms with Crippen molar-refractivity contribution in [3.05, 3.63) is 16.1 Å². The lowest BCUT2D eigenvalue weighted by atomic mass is 9.89. The quantitative estimate of drug-likeness (QED) is 0.808. The fourth-order valence-corrected chi connectivity index (χ4v) is 4.54. The molecule has 1 heterocycles. The van der Waals surface area contributed by atoms with Crippen LogP contribution in [0.1, 0.15) is 55.6 Å². The predicted molar refractivity (Wildman–Crippen MR) is 72.3 cm³/mol. The first-order valence-corrected chi connectivity index (χ1v) is 7.89. The molecule has 3 unspecified atom stereocenters. The van der Waals surface area contributed by atoms with Crippen molar-refractivity contribution in [2.75, 3.05) is 6.54 Å². The van der Waals surface area contributed by atoms with Crippen LogP contribution in [0, 0.1) is 11.8 Å². The molecule has 2 aliphatic rings. The number of thiazole rings is 1. The zero-order valence-corrected chi connectivity index (χ0v) is 11.4.